The molecule has 4 rings (SSSR count). The number of aryl methyl sites for hydroxylation is 1. The van der Waals surface area contributed by atoms with Crippen LogP contribution in [0.1, 0.15) is 39.9 Å². The van der Waals surface area contributed by atoms with Crippen LogP contribution < -0.4 is 16.0 Å². The van der Waals surface area contributed by atoms with Crippen molar-refractivity contribution in [3.8, 4) is 5.75 Å². The monoisotopic (exact) mass is 422 g/mol. The number of rotatable bonds is 4. The van der Waals surface area contributed by atoms with E-state index in [1.54, 1.807) is 31.2 Å². The summed E-state index contributed by atoms with van der Waals surface area (Å²) in [6, 6.07) is 9.06. The molecule has 9 nitrogen and oxygen atoms in total. The van der Waals surface area contributed by atoms with Crippen LogP contribution in [-0.2, 0) is 22.7 Å². The van der Waals surface area contributed by atoms with Gasteiger partial charge in [0.2, 0.25) is 11.8 Å². The Labute approximate surface area is 178 Å². The van der Waals surface area contributed by atoms with Gasteiger partial charge < -0.3 is 20.6 Å². The summed E-state index contributed by atoms with van der Waals surface area (Å²) in [5.41, 5.74) is 3.29. The normalized spacial score (nSPS) is 17.9. The van der Waals surface area contributed by atoms with Crippen molar-refractivity contribution in [3.63, 3.8) is 0 Å². The zero-order chi connectivity index (χ0) is 22.1. The van der Waals surface area contributed by atoms with E-state index in [4.69, 9.17) is 0 Å². The van der Waals surface area contributed by atoms with Crippen LogP contribution in [0, 0.1) is 6.92 Å². The number of carbonyl (C=O) groups excluding carboxylic acids is 4. The Morgan fingerprint density at radius 1 is 1.19 bits per heavy atom. The summed E-state index contributed by atoms with van der Waals surface area (Å²) >= 11 is 0. The van der Waals surface area contributed by atoms with Gasteiger partial charge in [0.25, 0.3) is 5.91 Å². The molecule has 9 heteroatoms. The fourth-order valence-electron chi connectivity index (χ4n) is 3.78. The number of nitrogens with one attached hydrogen (secondary N) is 3. The number of aromatic hydroxyl groups is 1. The molecular formula is C22H22N4O5. The summed E-state index contributed by atoms with van der Waals surface area (Å²) in [5, 5.41) is 17.4. The minimum atomic E-state index is -0.657. The minimum Gasteiger partial charge on any atom is -0.508 e. The van der Waals surface area contributed by atoms with Crippen LogP contribution in [0.2, 0.25) is 0 Å². The Hall–Kier alpha value is -3.88. The summed E-state index contributed by atoms with van der Waals surface area (Å²) < 4.78 is 0. The van der Waals surface area contributed by atoms with E-state index in [9.17, 15) is 24.3 Å². The number of piperidine rings is 1. The van der Waals surface area contributed by atoms with Gasteiger partial charge in [-0.15, -0.1) is 0 Å². The zero-order valence-electron chi connectivity index (χ0n) is 16.9. The lowest BCUT2D eigenvalue weighted by Crippen LogP contribution is -2.52. The van der Waals surface area contributed by atoms with Crippen LogP contribution in [0.5, 0.6) is 5.75 Å². The lowest BCUT2D eigenvalue weighted by Gasteiger charge is -2.29. The SMILES string of the molecule is Cc1ccc(NC(=O)NCc2ccc3c(c2)CN(C2CCC(=O)NC2=O)C3=O)cc1O. The lowest BCUT2D eigenvalue weighted by molar-refractivity contribution is -0.136. The van der Waals surface area contributed by atoms with Gasteiger partial charge >= 0.3 is 6.03 Å². The van der Waals surface area contributed by atoms with Gasteiger partial charge in [-0.05, 0) is 42.2 Å². The van der Waals surface area contributed by atoms with Crippen LogP contribution in [0.4, 0.5) is 10.5 Å². The molecule has 0 saturated carbocycles. The second-order valence-electron chi connectivity index (χ2n) is 7.70. The molecule has 0 radical (unpaired) electrons. The molecule has 2 heterocycles. The van der Waals surface area contributed by atoms with Crippen molar-refractivity contribution in [2.75, 3.05) is 5.32 Å². The highest BCUT2D eigenvalue weighted by Crippen LogP contribution is 2.28. The van der Waals surface area contributed by atoms with Crippen LogP contribution in [0.15, 0.2) is 36.4 Å². The molecule has 1 atom stereocenters. The Morgan fingerprint density at radius 3 is 2.74 bits per heavy atom. The first-order valence-corrected chi connectivity index (χ1v) is 9.93. The maximum atomic E-state index is 12.7. The second kappa shape index (κ2) is 8.10. The summed E-state index contributed by atoms with van der Waals surface area (Å²) in [6.45, 7) is 2.28. The van der Waals surface area contributed by atoms with E-state index in [1.807, 2.05) is 6.07 Å². The molecule has 2 aromatic rings. The summed E-state index contributed by atoms with van der Waals surface area (Å²) in [4.78, 5) is 49.8. The number of amides is 5. The third-order valence-electron chi connectivity index (χ3n) is 5.51. The van der Waals surface area contributed by atoms with E-state index < -0.39 is 18.0 Å². The van der Waals surface area contributed by atoms with Gasteiger partial charge in [0.15, 0.2) is 0 Å². The van der Waals surface area contributed by atoms with Gasteiger partial charge in [0.1, 0.15) is 11.8 Å². The molecule has 4 N–H and O–H groups in total. The number of benzene rings is 2. The molecule has 5 amide bonds. The average Bonchev–Trinajstić information content (AvgIpc) is 3.05. The number of nitrogens with zero attached hydrogens (tertiary/aromatic N) is 1. The predicted molar refractivity (Wildman–Crippen MR) is 111 cm³/mol. The number of anilines is 1. The Balaban J connectivity index is 1.38. The number of urea groups is 1. The van der Waals surface area contributed by atoms with Crippen molar-refractivity contribution in [1.29, 1.82) is 0 Å². The first-order valence-electron chi connectivity index (χ1n) is 9.93. The fraction of sp³-hybridized carbons (Fsp3) is 0.273. The molecular weight excluding hydrogens is 400 g/mol. The third kappa shape index (κ3) is 4.20. The third-order valence-corrected chi connectivity index (χ3v) is 5.51. The minimum absolute atomic E-state index is 0.0988. The Kier molecular flexibility index (Phi) is 5.33. The number of carbonyl (C=O) groups is 4. The van der Waals surface area contributed by atoms with E-state index in [-0.39, 0.29) is 37.1 Å². The van der Waals surface area contributed by atoms with E-state index in [1.165, 1.54) is 11.0 Å². The molecule has 1 fully saturated rings. The predicted octanol–water partition coefficient (Wildman–Crippen LogP) is 1.78. The maximum absolute atomic E-state index is 12.7. The average molecular weight is 422 g/mol. The number of fused-ring (bicyclic) bond motifs is 1. The summed E-state index contributed by atoms with van der Waals surface area (Å²) in [5.74, 6) is -0.904. The fourth-order valence-corrected chi connectivity index (χ4v) is 3.78. The van der Waals surface area contributed by atoms with Gasteiger partial charge in [-0.2, -0.15) is 0 Å². The number of imide groups is 1. The van der Waals surface area contributed by atoms with Crippen LogP contribution in [0.3, 0.4) is 0 Å². The van der Waals surface area contributed by atoms with Crippen molar-refractivity contribution in [2.45, 2.75) is 38.9 Å². The van der Waals surface area contributed by atoms with Crippen LogP contribution >= 0.6 is 0 Å². The van der Waals surface area contributed by atoms with Crippen LogP contribution in [0.25, 0.3) is 0 Å². The van der Waals surface area contributed by atoms with E-state index in [2.05, 4.69) is 16.0 Å². The van der Waals surface area contributed by atoms with Crippen molar-refractivity contribution in [2.24, 2.45) is 0 Å². The second-order valence-corrected chi connectivity index (χ2v) is 7.70. The van der Waals surface area contributed by atoms with Gasteiger partial charge in [-0.1, -0.05) is 18.2 Å². The van der Waals surface area contributed by atoms with Crippen molar-refractivity contribution < 1.29 is 24.3 Å². The molecule has 0 aromatic heterocycles. The Morgan fingerprint density at radius 2 is 2.00 bits per heavy atom. The van der Waals surface area contributed by atoms with Gasteiger partial charge in [-0.3, -0.25) is 19.7 Å². The van der Waals surface area contributed by atoms with Gasteiger partial charge in [0, 0.05) is 36.8 Å². The standard InChI is InChI=1S/C22H22N4O5/c1-12-2-4-15(9-18(12)27)24-22(31)23-10-13-3-5-16-14(8-13)11-26(21(16)30)17-6-7-19(28)25-20(17)29/h2-5,8-9,17,27H,6-7,10-11H2,1H3,(H2,23,24,31)(H,25,28,29). The molecule has 1 unspecified atom stereocenters. The molecule has 2 aromatic carbocycles. The highest BCUT2D eigenvalue weighted by Gasteiger charge is 2.39. The quantitative estimate of drug-likeness (QED) is 0.559. The molecule has 0 aliphatic carbocycles. The smallest absolute Gasteiger partial charge is 0.319 e. The number of phenols is 1. The molecule has 2 aliphatic rings. The molecule has 0 bridgehead atoms. The van der Waals surface area contributed by atoms with Gasteiger partial charge in [0.05, 0.1) is 0 Å². The number of hydrogen-bond acceptors (Lipinski definition) is 5. The van der Waals surface area contributed by atoms with E-state index in [0.717, 1.165) is 11.1 Å². The molecule has 31 heavy (non-hydrogen) atoms. The van der Waals surface area contributed by atoms with Crippen molar-refractivity contribution >= 4 is 29.4 Å². The van der Waals surface area contributed by atoms with Crippen LogP contribution in [-0.4, -0.2) is 39.8 Å². The molecule has 2 aliphatic heterocycles. The highest BCUT2D eigenvalue weighted by atomic mass is 16.3. The number of phenolic OH excluding ortho intramolecular Hbond substituents is 1. The largest absolute Gasteiger partial charge is 0.508 e. The first kappa shape index (κ1) is 20.4. The molecule has 1 saturated heterocycles. The summed E-state index contributed by atoms with van der Waals surface area (Å²) in [6.07, 6.45) is 0.521. The maximum Gasteiger partial charge on any atom is 0.319 e. The topological polar surface area (TPSA) is 128 Å². The Bertz CT molecular complexity index is 1100. The first-order chi connectivity index (χ1) is 14.8. The van der Waals surface area contributed by atoms with Crippen molar-refractivity contribution in [1.82, 2.24) is 15.5 Å². The summed E-state index contributed by atoms with van der Waals surface area (Å²) in [7, 11) is 0. The van der Waals surface area contributed by atoms with E-state index >= 15 is 0 Å². The van der Waals surface area contributed by atoms with Gasteiger partial charge in [-0.25, -0.2) is 4.79 Å². The van der Waals surface area contributed by atoms with E-state index in [0.29, 0.717) is 23.2 Å². The lowest BCUT2D eigenvalue weighted by atomic mass is 10.0. The zero-order valence-corrected chi connectivity index (χ0v) is 16.9. The molecule has 160 valence electrons. The van der Waals surface area contributed by atoms with Crippen molar-refractivity contribution in [3.05, 3.63) is 58.7 Å². The number of hydrogen-bond donors (Lipinski definition) is 4. The molecule has 0 spiro atoms. The highest BCUT2D eigenvalue weighted by molar-refractivity contribution is 6.05.